The second-order valence-corrected chi connectivity index (χ2v) is 7.93. The maximum absolute atomic E-state index is 5.62. The lowest BCUT2D eigenvalue weighted by Gasteiger charge is -2.28. The Morgan fingerprint density at radius 3 is 2.11 bits per heavy atom. The van der Waals surface area contributed by atoms with Crippen molar-refractivity contribution >= 4 is 40.3 Å². The standard InChI is InChI=1S/C25H29N7O3.C2H6/c1-3-34-19-9-5-7-17(15-19)26-24-28-21-22(29-24)30-25(31-23(21)32-11-13-33-14-12-32)27-18-8-6-10-20(16-18)35-4-2;1-2/h5-10,15-16H,3-4,11-14H2,1-2H3,(H3,26,27,28,29,30,31);1-2H3. The van der Waals surface area contributed by atoms with Crippen LogP contribution >= 0.6 is 0 Å². The van der Waals surface area contributed by atoms with E-state index in [0.29, 0.717) is 44.0 Å². The fourth-order valence-corrected chi connectivity index (χ4v) is 3.93. The van der Waals surface area contributed by atoms with Crippen LogP contribution in [-0.2, 0) is 4.74 Å². The SMILES string of the molecule is CC.CCOc1cccc(Nc2nc(N3CCOCC3)c3[nH]c(Nc4cccc(OCC)c4)nc3n2)c1. The average molecular weight is 506 g/mol. The number of imidazole rings is 1. The van der Waals surface area contributed by atoms with Gasteiger partial charge in [0, 0.05) is 36.6 Å². The summed E-state index contributed by atoms with van der Waals surface area (Å²) in [4.78, 5) is 19.8. The molecule has 0 bridgehead atoms. The molecular formula is C27H35N7O3. The van der Waals surface area contributed by atoms with E-state index in [1.807, 2.05) is 76.2 Å². The molecule has 10 heteroatoms. The molecule has 10 nitrogen and oxygen atoms in total. The Morgan fingerprint density at radius 1 is 0.865 bits per heavy atom. The van der Waals surface area contributed by atoms with Crippen molar-refractivity contribution in [3.8, 4) is 11.5 Å². The van der Waals surface area contributed by atoms with Crippen molar-refractivity contribution in [3.63, 3.8) is 0 Å². The lowest BCUT2D eigenvalue weighted by atomic mass is 10.3. The topological polar surface area (TPSA) is 109 Å². The number of rotatable bonds is 9. The number of morpholine rings is 1. The largest absolute Gasteiger partial charge is 0.494 e. The lowest BCUT2D eigenvalue weighted by Crippen LogP contribution is -2.37. The molecule has 0 saturated carbocycles. The van der Waals surface area contributed by atoms with Crippen LogP contribution in [0.4, 0.5) is 29.1 Å². The minimum Gasteiger partial charge on any atom is -0.494 e. The van der Waals surface area contributed by atoms with E-state index < -0.39 is 0 Å². The minimum atomic E-state index is 0.462. The molecule has 1 fully saturated rings. The molecule has 1 aliphatic heterocycles. The number of hydrogen-bond donors (Lipinski definition) is 3. The van der Waals surface area contributed by atoms with Crippen molar-refractivity contribution in [2.45, 2.75) is 27.7 Å². The monoisotopic (exact) mass is 505 g/mol. The molecule has 4 aromatic rings. The summed E-state index contributed by atoms with van der Waals surface area (Å²) in [5, 5.41) is 6.62. The first-order valence-corrected chi connectivity index (χ1v) is 12.8. The molecule has 5 rings (SSSR count). The van der Waals surface area contributed by atoms with Crippen LogP contribution in [0.3, 0.4) is 0 Å². The van der Waals surface area contributed by atoms with Gasteiger partial charge in [-0.1, -0.05) is 26.0 Å². The number of nitrogens with one attached hydrogen (secondary N) is 3. The van der Waals surface area contributed by atoms with Gasteiger partial charge < -0.3 is 34.7 Å². The zero-order valence-electron chi connectivity index (χ0n) is 21.9. The molecule has 0 atom stereocenters. The van der Waals surface area contributed by atoms with Gasteiger partial charge in [0.2, 0.25) is 11.9 Å². The fourth-order valence-electron chi connectivity index (χ4n) is 3.93. The third kappa shape index (κ3) is 6.59. The quantitative estimate of drug-likeness (QED) is 0.272. The molecule has 37 heavy (non-hydrogen) atoms. The number of hydrogen-bond acceptors (Lipinski definition) is 9. The predicted octanol–water partition coefficient (Wildman–Crippen LogP) is 5.50. The maximum atomic E-state index is 5.62. The molecular weight excluding hydrogens is 470 g/mol. The van der Waals surface area contributed by atoms with E-state index in [1.54, 1.807) is 0 Å². The normalized spacial score (nSPS) is 13.0. The van der Waals surface area contributed by atoms with Gasteiger partial charge in [-0.25, -0.2) is 0 Å². The first kappa shape index (κ1) is 26.0. The molecule has 0 amide bonds. The van der Waals surface area contributed by atoms with Gasteiger partial charge in [0.15, 0.2) is 11.5 Å². The number of ether oxygens (including phenoxy) is 3. The number of aromatic amines is 1. The molecule has 3 N–H and O–H groups in total. The van der Waals surface area contributed by atoms with E-state index in [4.69, 9.17) is 24.2 Å². The van der Waals surface area contributed by atoms with Crippen LogP contribution in [0.15, 0.2) is 48.5 Å². The summed E-state index contributed by atoms with van der Waals surface area (Å²) in [5.41, 5.74) is 3.03. The summed E-state index contributed by atoms with van der Waals surface area (Å²) in [6.07, 6.45) is 0. The summed E-state index contributed by atoms with van der Waals surface area (Å²) in [6, 6.07) is 15.5. The van der Waals surface area contributed by atoms with Gasteiger partial charge in [-0.2, -0.15) is 15.0 Å². The van der Waals surface area contributed by atoms with Gasteiger partial charge in [-0.05, 0) is 38.1 Å². The van der Waals surface area contributed by atoms with E-state index in [1.165, 1.54) is 0 Å². The van der Waals surface area contributed by atoms with Gasteiger partial charge in [0.05, 0.1) is 26.4 Å². The number of fused-ring (bicyclic) bond motifs is 1. The summed E-state index contributed by atoms with van der Waals surface area (Å²) >= 11 is 0. The Bertz CT molecular complexity index is 1290. The van der Waals surface area contributed by atoms with Crippen molar-refractivity contribution in [1.82, 2.24) is 19.9 Å². The van der Waals surface area contributed by atoms with Gasteiger partial charge in [-0.15, -0.1) is 0 Å². The number of nitrogens with zero attached hydrogens (tertiary/aromatic N) is 4. The van der Waals surface area contributed by atoms with E-state index in [-0.39, 0.29) is 0 Å². The van der Waals surface area contributed by atoms with Gasteiger partial charge >= 0.3 is 0 Å². The zero-order valence-corrected chi connectivity index (χ0v) is 21.9. The third-order valence-electron chi connectivity index (χ3n) is 5.45. The average Bonchev–Trinajstić information content (AvgIpc) is 3.33. The van der Waals surface area contributed by atoms with Crippen LogP contribution in [0, 0.1) is 0 Å². The number of H-pyrrole nitrogens is 1. The highest BCUT2D eigenvalue weighted by atomic mass is 16.5. The van der Waals surface area contributed by atoms with E-state index in [9.17, 15) is 0 Å². The van der Waals surface area contributed by atoms with Crippen molar-refractivity contribution in [2.24, 2.45) is 0 Å². The Hall–Kier alpha value is -4.05. The molecule has 196 valence electrons. The second kappa shape index (κ2) is 12.8. The summed E-state index contributed by atoms with van der Waals surface area (Å²) < 4.78 is 16.8. The molecule has 3 heterocycles. The maximum Gasteiger partial charge on any atom is 0.231 e. The lowest BCUT2D eigenvalue weighted by molar-refractivity contribution is 0.122. The fraction of sp³-hybridized carbons (Fsp3) is 0.370. The zero-order chi connectivity index (χ0) is 26.0. The van der Waals surface area contributed by atoms with Crippen LogP contribution < -0.4 is 25.0 Å². The summed E-state index contributed by atoms with van der Waals surface area (Å²) in [6.45, 7) is 11.9. The van der Waals surface area contributed by atoms with Crippen LogP contribution in [0.5, 0.6) is 11.5 Å². The van der Waals surface area contributed by atoms with Crippen molar-refractivity contribution in [2.75, 3.05) is 55.1 Å². The first-order chi connectivity index (χ1) is 18.2. The highest BCUT2D eigenvalue weighted by molar-refractivity contribution is 5.87. The molecule has 1 saturated heterocycles. The number of anilines is 5. The second-order valence-electron chi connectivity index (χ2n) is 7.93. The predicted molar refractivity (Wildman–Crippen MR) is 148 cm³/mol. The summed E-state index contributed by atoms with van der Waals surface area (Å²) in [5.74, 6) is 3.40. The Labute approximate surface area is 217 Å². The molecule has 0 aliphatic carbocycles. The smallest absolute Gasteiger partial charge is 0.231 e. The van der Waals surface area contributed by atoms with Crippen molar-refractivity contribution in [1.29, 1.82) is 0 Å². The first-order valence-electron chi connectivity index (χ1n) is 12.8. The molecule has 0 unspecified atom stereocenters. The molecule has 2 aromatic carbocycles. The van der Waals surface area contributed by atoms with Crippen LogP contribution in [0.1, 0.15) is 27.7 Å². The summed E-state index contributed by atoms with van der Waals surface area (Å²) in [7, 11) is 0. The van der Waals surface area contributed by atoms with Crippen LogP contribution in [-0.4, -0.2) is 59.5 Å². The van der Waals surface area contributed by atoms with E-state index >= 15 is 0 Å². The Morgan fingerprint density at radius 2 is 1.49 bits per heavy atom. The number of aromatic nitrogens is 4. The van der Waals surface area contributed by atoms with E-state index in [2.05, 4.69) is 25.5 Å². The highest BCUT2D eigenvalue weighted by Crippen LogP contribution is 2.29. The van der Waals surface area contributed by atoms with Crippen molar-refractivity contribution in [3.05, 3.63) is 48.5 Å². The molecule has 1 aliphatic rings. The van der Waals surface area contributed by atoms with Gasteiger partial charge in [0.1, 0.15) is 17.0 Å². The highest BCUT2D eigenvalue weighted by Gasteiger charge is 2.20. The molecule has 2 aromatic heterocycles. The minimum absolute atomic E-state index is 0.462. The van der Waals surface area contributed by atoms with Crippen LogP contribution in [0.2, 0.25) is 0 Å². The van der Waals surface area contributed by atoms with Gasteiger partial charge in [-0.3, -0.25) is 0 Å². The molecule has 0 radical (unpaired) electrons. The third-order valence-corrected chi connectivity index (χ3v) is 5.45. The Kier molecular flexibility index (Phi) is 8.98. The molecule has 0 spiro atoms. The Balaban J connectivity index is 0.00000156. The number of benzene rings is 2. The van der Waals surface area contributed by atoms with Crippen LogP contribution in [0.25, 0.3) is 11.2 Å². The van der Waals surface area contributed by atoms with E-state index in [0.717, 1.165) is 47.3 Å². The van der Waals surface area contributed by atoms with Gasteiger partial charge in [0.25, 0.3) is 0 Å². The van der Waals surface area contributed by atoms with Crippen molar-refractivity contribution < 1.29 is 14.2 Å².